The van der Waals surface area contributed by atoms with Gasteiger partial charge in [-0.2, -0.15) is 0 Å². The van der Waals surface area contributed by atoms with E-state index < -0.39 is 0 Å². The highest BCUT2D eigenvalue weighted by molar-refractivity contribution is 5.88. The summed E-state index contributed by atoms with van der Waals surface area (Å²) < 4.78 is 5.85. The fraction of sp³-hybridized carbons (Fsp3) is 0.462. The van der Waals surface area contributed by atoms with E-state index in [0.29, 0.717) is 11.5 Å². The Hall–Kier alpha value is -2.26. The number of ether oxygens (including phenoxy) is 1. The van der Waals surface area contributed by atoms with Crippen LogP contribution in [0.25, 0.3) is 10.9 Å². The molecule has 29 heavy (non-hydrogen) atoms. The van der Waals surface area contributed by atoms with Crippen molar-refractivity contribution in [2.24, 2.45) is 17.3 Å². The molecule has 2 heterocycles. The number of fused-ring (bicyclic) bond motifs is 2. The van der Waals surface area contributed by atoms with E-state index in [1.165, 1.54) is 59.8 Å². The molecule has 2 saturated carbocycles. The van der Waals surface area contributed by atoms with Crippen molar-refractivity contribution in [2.75, 3.05) is 13.7 Å². The van der Waals surface area contributed by atoms with Crippen LogP contribution >= 0.6 is 0 Å². The molecule has 1 aromatic heterocycles. The Kier molecular flexibility index (Phi) is 3.86. The summed E-state index contributed by atoms with van der Waals surface area (Å²) in [7, 11) is 1.81. The summed E-state index contributed by atoms with van der Waals surface area (Å²) in [4.78, 5) is 6.18. The molecule has 0 amide bonds. The van der Waals surface area contributed by atoms with E-state index in [4.69, 9.17) is 4.74 Å². The van der Waals surface area contributed by atoms with Crippen molar-refractivity contribution in [2.45, 2.75) is 45.2 Å². The zero-order valence-corrected chi connectivity index (χ0v) is 17.4. The van der Waals surface area contributed by atoms with Crippen LogP contribution in [-0.2, 0) is 6.54 Å². The molecule has 2 aliphatic carbocycles. The van der Waals surface area contributed by atoms with Gasteiger partial charge in [0.15, 0.2) is 0 Å². The maximum absolute atomic E-state index is 5.85. The molecule has 1 N–H and O–H groups in total. The molecule has 3 heteroatoms. The number of rotatable bonds is 4. The van der Waals surface area contributed by atoms with Gasteiger partial charge in [0.2, 0.25) is 0 Å². The summed E-state index contributed by atoms with van der Waals surface area (Å²) in [6.07, 6.45) is 7.87. The van der Waals surface area contributed by atoms with Crippen LogP contribution in [0.3, 0.4) is 0 Å². The zero-order valence-electron chi connectivity index (χ0n) is 17.4. The highest BCUT2D eigenvalue weighted by atomic mass is 16.5. The van der Waals surface area contributed by atoms with Gasteiger partial charge >= 0.3 is 0 Å². The Balaban J connectivity index is 1.40. The SMILES string of the molecule is COc1cc(C)c2[nH]ccc2c1CN1CC2CC3(CC3)CC2C1c1ccccc1. The van der Waals surface area contributed by atoms with Crippen LogP contribution in [0.1, 0.15) is 48.4 Å². The van der Waals surface area contributed by atoms with Crippen LogP contribution < -0.4 is 4.74 Å². The fourth-order valence-corrected chi connectivity index (χ4v) is 6.55. The lowest BCUT2D eigenvalue weighted by Gasteiger charge is -2.30. The Labute approximate surface area is 173 Å². The lowest BCUT2D eigenvalue weighted by Crippen LogP contribution is -2.26. The number of aromatic nitrogens is 1. The molecule has 3 fully saturated rings. The highest BCUT2D eigenvalue weighted by Gasteiger charge is 2.58. The minimum atomic E-state index is 0.529. The summed E-state index contributed by atoms with van der Waals surface area (Å²) in [6, 6.07) is 16.2. The monoisotopic (exact) mass is 386 g/mol. The first-order valence-electron chi connectivity index (χ1n) is 11.1. The molecule has 2 aromatic carbocycles. The lowest BCUT2D eigenvalue weighted by atomic mass is 9.89. The Bertz CT molecular complexity index is 1050. The van der Waals surface area contributed by atoms with Gasteiger partial charge < -0.3 is 9.72 Å². The van der Waals surface area contributed by atoms with Gasteiger partial charge in [0.25, 0.3) is 0 Å². The normalized spacial score (nSPS) is 27.6. The summed E-state index contributed by atoms with van der Waals surface area (Å²) in [5.74, 6) is 2.68. The molecule has 3 atom stereocenters. The first kappa shape index (κ1) is 17.6. The molecule has 1 saturated heterocycles. The van der Waals surface area contributed by atoms with Crippen molar-refractivity contribution < 1.29 is 4.74 Å². The van der Waals surface area contributed by atoms with Crippen molar-refractivity contribution in [3.05, 3.63) is 65.4 Å². The average molecular weight is 387 g/mol. The van der Waals surface area contributed by atoms with Crippen LogP contribution in [0.2, 0.25) is 0 Å². The largest absolute Gasteiger partial charge is 0.496 e. The molecule has 1 aliphatic heterocycles. The van der Waals surface area contributed by atoms with Gasteiger partial charge in [-0.15, -0.1) is 0 Å². The second kappa shape index (κ2) is 6.37. The number of methoxy groups -OCH3 is 1. The summed E-state index contributed by atoms with van der Waals surface area (Å²) in [6.45, 7) is 4.33. The third-order valence-electron chi connectivity index (χ3n) is 8.03. The molecule has 6 rings (SSSR count). The van der Waals surface area contributed by atoms with Gasteiger partial charge in [0.1, 0.15) is 5.75 Å². The van der Waals surface area contributed by atoms with Crippen molar-refractivity contribution in [3.8, 4) is 5.75 Å². The van der Waals surface area contributed by atoms with E-state index in [2.05, 4.69) is 65.5 Å². The first-order valence-corrected chi connectivity index (χ1v) is 11.1. The van der Waals surface area contributed by atoms with Gasteiger partial charge in [-0.1, -0.05) is 30.3 Å². The summed E-state index contributed by atoms with van der Waals surface area (Å²) in [5, 5.41) is 1.31. The minimum Gasteiger partial charge on any atom is -0.496 e. The van der Waals surface area contributed by atoms with Crippen molar-refractivity contribution in [1.29, 1.82) is 0 Å². The van der Waals surface area contributed by atoms with E-state index in [-0.39, 0.29) is 0 Å². The van der Waals surface area contributed by atoms with Crippen LogP contribution in [0.5, 0.6) is 5.75 Å². The molecule has 3 aromatic rings. The average Bonchev–Trinajstić information content (AvgIpc) is 3.05. The number of likely N-dealkylation sites (tertiary alicyclic amines) is 1. The minimum absolute atomic E-state index is 0.529. The molecular weight excluding hydrogens is 356 g/mol. The van der Waals surface area contributed by atoms with E-state index in [1.807, 2.05) is 0 Å². The third kappa shape index (κ3) is 2.74. The van der Waals surface area contributed by atoms with E-state index in [9.17, 15) is 0 Å². The quantitative estimate of drug-likeness (QED) is 0.609. The smallest absolute Gasteiger partial charge is 0.124 e. The third-order valence-corrected chi connectivity index (χ3v) is 8.03. The Morgan fingerprint density at radius 2 is 1.97 bits per heavy atom. The zero-order chi connectivity index (χ0) is 19.6. The second-order valence-corrected chi connectivity index (χ2v) is 9.76. The molecule has 0 bridgehead atoms. The predicted octanol–water partition coefficient (Wildman–Crippen LogP) is 5.85. The first-order chi connectivity index (χ1) is 14.2. The van der Waals surface area contributed by atoms with E-state index in [1.54, 1.807) is 7.11 Å². The maximum Gasteiger partial charge on any atom is 0.124 e. The number of aryl methyl sites for hydroxylation is 1. The van der Waals surface area contributed by atoms with Gasteiger partial charge in [0, 0.05) is 41.8 Å². The lowest BCUT2D eigenvalue weighted by molar-refractivity contribution is 0.202. The topological polar surface area (TPSA) is 28.3 Å². The summed E-state index contributed by atoms with van der Waals surface area (Å²) in [5.41, 5.74) is 6.03. The number of hydrogen-bond acceptors (Lipinski definition) is 2. The molecular formula is C26H30N2O. The molecule has 3 unspecified atom stereocenters. The van der Waals surface area contributed by atoms with Crippen LogP contribution in [0.4, 0.5) is 0 Å². The number of nitrogens with zero attached hydrogens (tertiary/aromatic N) is 1. The molecule has 3 nitrogen and oxygen atoms in total. The molecule has 150 valence electrons. The Morgan fingerprint density at radius 1 is 1.14 bits per heavy atom. The Morgan fingerprint density at radius 3 is 2.72 bits per heavy atom. The fourth-order valence-electron chi connectivity index (χ4n) is 6.55. The number of nitrogens with one attached hydrogen (secondary N) is 1. The maximum atomic E-state index is 5.85. The number of benzene rings is 2. The van der Waals surface area contributed by atoms with Crippen LogP contribution in [-0.4, -0.2) is 23.5 Å². The van der Waals surface area contributed by atoms with Crippen molar-refractivity contribution in [1.82, 2.24) is 9.88 Å². The number of H-pyrrole nitrogens is 1. The van der Waals surface area contributed by atoms with Gasteiger partial charge in [0.05, 0.1) is 7.11 Å². The standard InChI is InChI=1S/C26H30N2O/c1-17-12-23(29-2)22(20-8-11-27-24(17)20)16-28-15-19-13-26(9-10-26)14-21(19)25(28)18-6-4-3-5-7-18/h3-8,11-12,19,21,25,27H,9-10,13-16H2,1-2H3. The van der Waals surface area contributed by atoms with Crippen LogP contribution in [0, 0.1) is 24.2 Å². The van der Waals surface area contributed by atoms with Gasteiger partial charge in [-0.05, 0) is 73.1 Å². The van der Waals surface area contributed by atoms with Crippen molar-refractivity contribution >= 4 is 10.9 Å². The van der Waals surface area contributed by atoms with Crippen LogP contribution in [0.15, 0.2) is 48.7 Å². The predicted molar refractivity (Wildman–Crippen MR) is 117 cm³/mol. The van der Waals surface area contributed by atoms with Crippen molar-refractivity contribution in [3.63, 3.8) is 0 Å². The van der Waals surface area contributed by atoms with E-state index >= 15 is 0 Å². The second-order valence-electron chi connectivity index (χ2n) is 9.76. The van der Waals surface area contributed by atoms with Gasteiger partial charge in [-0.25, -0.2) is 0 Å². The molecule has 1 spiro atoms. The number of aromatic amines is 1. The molecule has 0 radical (unpaired) electrons. The highest BCUT2D eigenvalue weighted by Crippen LogP contribution is 2.66. The van der Waals surface area contributed by atoms with Gasteiger partial charge in [-0.3, -0.25) is 4.90 Å². The number of hydrogen-bond donors (Lipinski definition) is 1. The molecule has 3 aliphatic rings. The van der Waals surface area contributed by atoms with E-state index in [0.717, 1.165) is 24.1 Å². The summed E-state index contributed by atoms with van der Waals surface area (Å²) >= 11 is 0.